The molecule has 7 nitrogen and oxygen atoms in total. The molecule has 1 rings (SSSR count). The van der Waals surface area contributed by atoms with Crippen LogP contribution in [-0.2, 0) is 0 Å². The van der Waals surface area contributed by atoms with Gasteiger partial charge in [-0.05, 0) is 12.7 Å². The molecule has 1 atom stereocenters. The van der Waals surface area contributed by atoms with Crippen molar-refractivity contribution < 1.29 is 4.92 Å². The van der Waals surface area contributed by atoms with Crippen molar-refractivity contribution in [3.8, 4) is 0 Å². The van der Waals surface area contributed by atoms with Crippen LogP contribution >= 0.6 is 11.8 Å². The summed E-state index contributed by atoms with van der Waals surface area (Å²) in [5, 5.41) is 11.0. The van der Waals surface area contributed by atoms with Crippen molar-refractivity contribution >= 4 is 29.2 Å². The highest BCUT2D eigenvalue weighted by molar-refractivity contribution is 7.98. The largest absolute Gasteiger partial charge is 0.368 e. The predicted octanol–water partition coefficient (Wildman–Crippen LogP) is 1.54. The van der Waals surface area contributed by atoms with Crippen LogP contribution in [0, 0.1) is 10.1 Å². The molecule has 1 aromatic rings. The molecule has 0 amide bonds. The van der Waals surface area contributed by atoms with E-state index in [1.54, 1.807) is 23.7 Å². The lowest BCUT2D eigenvalue weighted by Crippen LogP contribution is -2.34. The standard InChI is InChI=1S/C10H17N5O2S/c1-4-7(6-18-3)14(2)9-8(15(16)17)5-12-10(11)13-9/h5,7H,4,6H2,1-3H3,(H2,11,12,13). The number of thioether (sulfide) groups is 1. The smallest absolute Gasteiger partial charge is 0.329 e. The van der Waals surface area contributed by atoms with Crippen molar-refractivity contribution in [3.63, 3.8) is 0 Å². The molecule has 0 aliphatic carbocycles. The van der Waals surface area contributed by atoms with E-state index in [9.17, 15) is 10.1 Å². The predicted molar refractivity (Wildman–Crippen MR) is 74.0 cm³/mol. The van der Waals surface area contributed by atoms with Crippen LogP contribution in [-0.4, -0.2) is 40.0 Å². The number of rotatable bonds is 6. The van der Waals surface area contributed by atoms with Gasteiger partial charge in [-0.25, -0.2) is 4.98 Å². The van der Waals surface area contributed by atoms with Gasteiger partial charge in [0, 0.05) is 18.8 Å². The lowest BCUT2D eigenvalue weighted by Gasteiger charge is -2.27. The second-order valence-corrected chi connectivity index (χ2v) is 4.73. The third-order valence-electron chi connectivity index (χ3n) is 2.68. The van der Waals surface area contributed by atoms with Gasteiger partial charge >= 0.3 is 5.69 Å². The van der Waals surface area contributed by atoms with E-state index in [1.165, 1.54) is 0 Å². The minimum absolute atomic E-state index is 0.0430. The van der Waals surface area contributed by atoms with Gasteiger partial charge in [-0.1, -0.05) is 6.92 Å². The van der Waals surface area contributed by atoms with E-state index in [4.69, 9.17) is 5.73 Å². The summed E-state index contributed by atoms with van der Waals surface area (Å²) in [6.07, 6.45) is 4.03. The molecule has 1 aromatic heterocycles. The maximum absolute atomic E-state index is 11.0. The molecule has 0 aromatic carbocycles. The van der Waals surface area contributed by atoms with E-state index >= 15 is 0 Å². The summed E-state index contributed by atoms with van der Waals surface area (Å²) in [6.45, 7) is 2.04. The van der Waals surface area contributed by atoms with Gasteiger partial charge in [0.05, 0.1) is 4.92 Å². The van der Waals surface area contributed by atoms with E-state index in [2.05, 4.69) is 9.97 Å². The average molecular weight is 271 g/mol. The van der Waals surface area contributed by atoms with Crippen molar-refractivity contribution in [2.24, 2.45) is 0 Å². The number of nitrogens with zero attached hydrogens (tertiary/aromatic N) is 4. The number of hydrogen-bond acceptors (Lipinski definition) is 7. The molecule has 0 fully saturated rings. The van der Waals surface area contributed by atoms with Crippen molar-refractivity contribution in [1.82, 2.24) is 9.97 Å². The van der Waals surface area contributed by atoms with Crippen molar-refractivity contribution in [2.45, 2.75) is 19.4 Å². The second-order valence-electron chi connectivity index (χ2n) is 3.82. The van der Waals surface area contributed by atoms with Crippen LogP contribution in [0.2, 0.25) is 0 Å². The van der Waals surface area contributed by atoms with Crippen LogP contribution in [0.1, 0.15) is 13.3 Å². The lowest BCUT2D eigenvalue weighted by molar-refractivity contribution is -0.384. The van der Waals surface area contributed by atoms with E-state index in [0.29, 0.717) is 0 Å². The highest BCUT2D eigenvalue weighted by Crippen LogP contribution is 2.27. The number of nitrogens with two attached hydrogens (primary N) is 1. The summed E-state index contributed by atoms with van der Waals surface area (Å²) in [7, 11) is 1.79. The fourth-order valence-electron chi connectivity index (χ4n) is 1.64. The number of nitrogen functional groups attached to an aromatic ring is 1. The van der Waals surface area contributed by atoms with Gasteiger partial charge in [0.2, 0.25) is 11.8 Å². The number of aromatic nitrogens is 2. The summed E-state index contributed by atoms with van der Waals surface area (Å²) < 4.78 is 0. The summed E-state index contributed by atoms with van der Waals surface area (Å²) >= 11 is 1.69. The van der Waals surface area contributed by atoms with Gasteiger partial charge in [-0.15, -0.1) is 0 Å². The second kappa shape index (κ2) is 6.39. The molecule has 0 saturated heterocycles. The van der Waals surface area contributed by atoms with Gasteiger partial charge in [0.1, 0.15) is 6.20 Å². The molecule has 18 heavy (non-hydrogen) atoms. The normalized spacial score (nSPS) is 12.2. The minimum Gasteiger partial charge on any atom is -0.368 e. The first kappa shape index (κ1) is 14.5. The summed E-state index contributed by atoms with van der Waals surface area (Å²) in [5.74, 6) is 1.18. The van der Waals surface area contributed by atoms with E-state index < -0.39 is 4.92 Å². The van der Waals surface area contributed by atoms with Crippen LogP contribution in [0.5, 0.6) is 0 Å². The van der Waals surface area contributed by atoms with Gasteiger partial charge < -0.3 is 10.6 Å². The molecule has 2 N–H and O–H groups in total. The Hall–Kier alpha value is -1.57. The van der Waals surface area contributed by atoms with Crippen molar-refractivity contribution in [3.05, 3.63) is 16.3 Å². The first-order chi connectivity index (χ1) is 8.51. The zero-order valence-corrected chi connectivity index (χ0v) is 11.5. The Morgan fingerprint density at radius 1 is 1.67 bits per heavy atom. The Labute approximate surface area is 110 Å². The Balaban J connectivity index is 3.13. The van der Waals surface area contributed by atoms with E-state index in [0.717, 1.165) is 18.4 Å². The van der Waals surface area contributed by atoms with Gasteiger partial charge in [-0.3, -0.25) is 10.1 Å². The fourth-order valence-corrected chi connectivity index (χ4v) is 2.48. The Bertz CT molecular complexity index is 429. The minimum atomic E-state index is -0.489. The Morgan fingerprint density at radius 2 is 2.33 bits per heavy atom. The maximum atomic E-state index is 11.0. The maximum Gasteiger partial charge on any atom is 0.329 e. The van der Waals surface area contributed by atoms with Gasteiger partial charge in [0.25, 0.3) is 0 Å². The average Bonchev–Trinajstić information content (AvgIpc) is 2.34. The molecular weight excluding hydrogens is 254 g/mol. The van der Waals surface area contributed by atoms with E-state index in [1.807, 2.05) is 13.2 Å². The van der Waals surface area contributed by atoms with E-state index in [-0.39, 0.29) is 23.5 Å². The third kappa shape index (κ3) is 3.22. The highest BCUT2D eigenvalue weighted by atomic mass is 32.2. The van der Waals surface area contributed by atoms with Gasteiger partial charge in [0.15, 0.2) is 0 Å². The summed E-state index contributed by atoms with van der Waals surface area (Å²) in [4.78, 5) is 19.9. The molecule has 100 valence electrons. The molecule has 0 bridgehead atoms. The Morgan fingerprint density at radius 3 is 2.83 bits per heavy atom. The first-order valence-electron chi connectivity index (χ1n) is 5.49. The van der Waals surface area contributed by atoms with Crippen LogP contribution < -0.4 is 10.6 Å². The Kier molecular flexibility index (Phi) is 5.14. The molecule has 0 spiro atoms. The molecule has 0 radical (unpaired) electrons. The summed E-state index contributed by atoms with van der Waals surface area (Å²) in [5.41, 5.74) is 5.39. The SMILES string of the molecule is CCC(CSC)N(C)c1nc(N)ncc1[N+](=O)[O-]. The van der Waals surface area contributed by atoms with Crippen LogP contribution in [0.25, 0.3) is 0 Å². The molecule has 0 aliphatic rings. The zero-order chi connectivity index (χ0) is 13.7. The highest BCUT2D eigenvalue weighted by Gasteiger charge is 2.24. The quantitative estimate of drug-likeness (QED) is 0.619. The fraction of sp³-hybridized carbons (Fsp3) is 0.600. The van der Waals surface area contributed by atoms with Crippen molar-refractivity contribution in [1.29, 1.82) is 0 Å². The third-order valence-corrected chi connectivity index (χ3v) is 3.40. The molecule has 8 heteroatoms. The monoisotopic (exact) mass is 271 g/mol. The molecule has 0 aliphatic heterocycles. The number of hydrogen-bond donors (Lipinski definition) is 1. The summed E-state index contributed by atoms with van der Waals surface area (Å²) in [6, 6.07) is 0.174. The first-order valence-corrected chi connectivity index (χ1v) is 6.89. The van der Waals surface area contributed by atoms with Crippen LogP contribution in [0.3, 0.4) is 0 Å². The van der Waals surface area contributed by atoms with Crippen LogP contribution in [0.4, 0.5) is 17.5 Å². The van der Waals surface area contributed by atoms with Crippen LogP contribution in [0.15, 0.2) is 6.20 Å². The molecule has 1 heterocycles. The zero-order valence-electron chi connectivity index (χ0n) is 10.7. The van der Waals surface area contributed by atoms with Crippen molar-refractivity contribution in [2.75, 3.05) is 29.7 Å². The van der Waals surface area contributed by atoms with Gasteiger partial charge in [-0.2, -0.15) is 16.7 Å². The molecule has 0 saturated carbocycles. The topological polar surface area (TPSA) is 98.2 Å². The number of nitro groups is 1. The molecular formula is C10H17N5O2S. The molecule has 1 unspecified atom stereocenters. The number of anilines is 2. The lowest BCUT2D eigenvalue weighted by atomic mass is 10.2.